The Morgan fingerprint density at radius 2 is 2.11 bits per heavy atom. The van der Waals surface area contributed by atoms with Gasteiger partial charge in [-0.1, -0.05) is 0 Å². The number of fused-ring (bicyclic) bond motifs is 2. The number of rotatable bonds is 3. The van der Waals surface area contributed by atoms with Gasteiger partial charge in [-0.15, -0.1) is 0 Å². The molecule has 3 rings (SSSR count). The minimum atomic E-state index is 0.146. The highest BCUT2D eigenvalue weighted by molar-refractivity contribution is 8.00. The Morgan fingerprint density at radius 1 is 1.39 bits per heavy atom. The van der Waals surface area contributed by atoms with E-state index >= 15 is 0 Å². The Labute approximate surface area is 111 Å². The third kappa shape index (κ3) is 2.14. The Morgan fingerprint density at radius 3 is 2.78 bits per heavy atom. The lowest BCUT2D eigenvalue weighted by molar-refractivity contribution is 0.0898. The lowest BCUT2D eigenvalue weighted by atomic mass is 9.92. The minimum absolute atomic E-state index is 0.146. The molecule has 2 saturated heterocycles. The maximum absolute atomic E-state index is 12.5. The number of aromatic nitrogens is 1. The van der Waals surface area contributed by atoms with Crippen molar-refractivity contribution in [1.29, 1.82) is 0 Å². The average molecular weight is 263 g/mol. The van der Waals surface area contributed by atoms with Crippen LogP contribution in [0, 0.1) is 5.92 Å². The fourth-order valence-corrected chi connectivity index (χ4v) is 4.78. The third-order valence-corrected chi connectivity index (χ3v) is 5.51. The van der Waals surface area contributed by atoms with Gasteiger partial charge in [-0.2, -0.15) is 11.8 Å². The molecule has 0 amide bonds. The second kappa shape index (κ2) is 4.92. The largest absolute Gasteiger partial charge is 0.494 e. The molecule has 2 atom stereocenters. The van der Waals surface area contributed by atoms with E-state index in [1.54, 1.807) is 19.4 Å². The summed E-state index contributed by atoms with van der Waals surface area (Å²) in [6.07, 6.45) is 6.25. The average Bonchev–Trinajstić information content (AvgIpc) is 2.76. The van der Waals surface area contributed by atoms with Crippen molar-refractivity contribution in [2.45, 2.75) is 36.2 Å². The molecular weight excluding hydrogens is 246 g/mol. The van der Waals surface area contributed by atoms with Gasteiger partial charge in [0.05, 0.1) is 7.11 Å². The highest BCUT2D eigenvalue weighted by atomic mass is 32.2. The maximum atomic E-state index is 12.5. The molecule has 0 radical (unpaired) electrons. The van der Waals surface area contributed by atoms with Crippen LogP contribution in [0.15, 0.2) is 18.3 Å². The molecule has 2 fully saturated rings. The lowest BCUT2D eigenvalue weighted by Crippen LogP contribution is -2.25. The van der Waals surface area contributed by atoms with Crippen molar-refractivity contribution < 1.29 is 9.53 Å². The zero-order chi connectivity index (χ0) is 12.5. The molecular formula is C14H17NO2S. The van der Waals surface area contributed by atoms with Gasteiger partial charge in [0.2, 0.25) is 0 Å². The zero-order valence-corrected chi connectivity index (χ0v) is 11.3. The molecule has 0 spiro atoms. The van der Waals surface area contributed by atoms with Crippen molar-refractivity contribution in [3.8, 4) is 5.75 Å². The molecule has 3 heterocycles. The molecule has 0 N–H and O–H groups in total. The molecule has 3 nitrogen and oxygen atoms in total. The first-order valence-corrected chi connectivity index (χ1v) is 7.41. The van der Waals surface area contributed by atoms with Gasteiger partial charge in [0.1, 0.15) is 11.4 Å². The first-order chi connectivity index (χ1) is 8.78. The number of pyridine rings is 1. The van der Waals surface area contributed by atoms with Crippen LogP contribution in [0.3, 0.4) is 0 Å². The fraction of sp³-hybridized carbons (Fsp3) is 0.571. The summed E-state index contributed by atoms with van der Waals surface area (Å²) in [5.41, 5.74) is 0.510. The highest BCUT2D eigenvalue weighted by Crippen LogP contribution is 2.46. The van der Waals surface area contributed by atoms with Gasteiger partial charge in [-0.25, -0.2) is 4.98 Å². The first-order valence-electron chi connectivity index (χ1n) is 6.46. The van der Waals surface area contributed by atoms with E-state index in [0.717, 1.165) is 12.8 Å². The second-order valence-corrected chi connectivity index (χ2v) is 6.65. The molecule has 18 heavy (non-hydrogen) atoms. The summed E-state index contributed by atoms with van der Waals surface area (Å²) in [5, 5.41) is 1.37. The highest BCUT2D eigenvalue weighted by Gasteiger charge is 2.38. The summed E-state index contributed by atoms with van der Waals surface area (Å²) < 4.78 is 5.24. The van der Waals surface area contributed by atoms with Crippen LogP contribution in [0.25, 0.3) is 0 Å². The van der Waals surface area contributed by atoms with Crippen LogP contribution in [-0.2, 0) is 0 Å². The van der Waals surface area contributed by atoms with E-state index < -0.39 is 0 Å². The molecule has 0 aliphatic carbocycles. The maximum Gasteiger partial charge on any atom is 0.188 e. The minimum Gasteiger partial charge on any atom is -0.494 e. The molecule has 2 aliphatic heterocycles. The topological polar surface area (TPSA) is 39.2 Å². The molecule has 0 aromatic carbocycles. The summed E-state index contributed by atoms with van der Waals surface area (Å²) >= 11 is 2.07. The number of thioether (sulfide) groups is 1. The Hall–Kier alpha value is -1.03. The Kier molecular flexibility index (Phi) is 3.29. The lowest BCUT2D eigenvalue weighted by Gasteiger charge is -2.26. The molecule has 1 aromatic rings. The SMILES string of the molecule is COc1cccnc1C(=O)C1CC2CCC(C1)S2. The van der Waals surface area contributed by atoms with E-state index in [4.69, 9.17) is 4.74 Å². The smallest absolute Gasteiger partial charge is 0.188 e. The van der Waals surface area contributed by atoms with Crippen molar-refractivity contribution in [3.63, 3.8) is 0 Å². The van der Waals surface area contributed by atoms with Crippen LogP contribution < -0.4 is 4.74 Å². The fourth-order valence-electron chi connectivity index (χ4n) is 3.01. The normalized spacial score (nSPS) is 30.2. The quantitative estimate of drug-likeness (QED) is 0.786. The van der Waals surface area contributed by atoms with Crippen LogP contribution in [0.4, 0.5) is 0 Å². The molecule has 96 valence electrons. The van der Waals surface area contributed by atoms with Crippen LogP contribution in [0.1, 0.15) is 36.2 Å². The molecule has 2 unspecified atom stereocenters. The van der Waals surface area contributed by atoms with E-state index in [2.05, 4.69) is 16.7 Å². The van der Waals surface area contributed by atoms with E-state index in [0.29, 0.717) is 21.9 Å². The van der Waals surface area contributed by atoms with E-state index in [1.807, 2.05) is 6.07 Å². The third-order valence-electron chi connectivity index (χ3n) is 3.89. The Balaban J connectivity index is 1.82. The summed E-state index contributed by atoms with van der Waals surface area (Å²) in [5.74, 6) is 0.922. The van der Waals surface area contributed by atoms with Crippen molar-refractivity contribution in [2.24, 2.45) is 5.92 Å². The summed E-state index contributed by atoms with van der Waals surface area (Å²) in [7, 11) is 1.59. The zero-order valence-electron chi connectivity index (χ0n) is 10.5. The predicted octanol–water partition coefficient (Wildman–Crippen LogP) is 2.95. The van der Waals surface area contributed by atoms with Gasteiger partial charge in [-0.3, -0.25) is 4.79 Å². The van der Waals surface area contributed by atoms with E-state index in [-0.39, 0.29) is 11.7 Å². The van der Waals surface area contributed by atoms with Gasteiger partial charge >= 0.3 is 0 Å². The van der Waals surface area contributed by atoms with Crippen LogP contribution in [0.2, 0.25) is 0 Å². The first kappa shape index (κ1) is 12.0. The number of carbonyl (C=O) groups excluding carboxylic acids is 1. The second-order valence-electron chi connectivity index (χ2n) is 5.04. The van der Waals surface area contributed by atoms with Gasteiger partial charge < -0.3 is 4.74 Å². The summed E-state index contributed by atoms with van der Waals surface area (Å²) in [4.78, 5) is 16.8. The molecule has 2 aliphatic rings. The Bertz CT molecular complexity index is 451. The van der Waals surface area contributed by atoms with E-state index in [9.17, 15) is 4.79 Å². The summed E-state index contributed by atoms with van der Waals surface area (Å²) in [6, 6.07) is 3.61. The number of methoxy groups -OCH3 is 1. The van der Waals surface area contributed by atoms with Crippen LogP contribution in [-0.4, -0.2) is 28.4 Å². The predicted molar refractivity (Wildman–Crippen MR) is 72.2 cm³/mol. The standard InChI is InChI=1S/C14H17NO2S/c1-17-12-3-2-6-15-13(12)14(16)9-7-10-4-5-11(8-9)18-10/h2-3,6,9-11H,4-5,7-8H2,1H3. The molecule has 2 bridgehead atoms. The van der Waals surface area contributed by atoms with Crippen molar-refractivity contribution >= 4 is 17.5 Å². The van der Waals surface area contributed by atoms with Crippen molar-refractivity contribution in [2.75, 3.05) is 7.11 Å². The van der Waals surface area contributed by atoms with Gasteiger partial charge in [0.15, 0.2) is 5.78 Å². The number of carbonyl (C=O) groups is 1. The van der Waals surface area contributed by atoms with Crippen LogP contribution in [0.5, 0.6) is 5.75 Å². The number of hydrogen-bond acceptors (Lipinski definition) is 4. The van der Waals surface area contributed by atoms with Crippen molar-refractivity contribution in [1.82, 2.24) is 4.98 Å². The monoisotopic (exact) mass is 263 g/mol. The number of Topliss-reactive ketones (excluding diaryl/α,β-unsaturated/α-hetero) is 1. The number of ketones is 1. The molecule has 4 heteroatoms. The van der Waals surface area contributed by atoms with Crippen molar-refractivity contribution in [3.05, 3.63) is 24.0 Å². The number of ether oxygens (including phenoxy) is 1. The number of nitrogens with zero attached hydrogens (tertiary/aromatic N) is 1. The summed E-state index contributed by atoms with van der Waals surface area (Å²) in [6.45, 7) is 0. The van der Waals surface area contributed by atoms with Gasteiger partial charge in [0.25, 0.3) is 0 Å². The number of hydrogen-bond donors (Lipinski definition) is 0. The molecule has 0 saturated carbocycles. The van der Waals surface area contributed by atoms with Gasteiger partial charge in [0, 0.05) is 22.6 Å². The van der Waals surface area contributed by atoms with Crippen LogP contribution >= 0.6 is 11.8 Å². The van der Waals surface area contributed by atoms with E-state index in [1.165, 1.54) is 12.8 Å². The molecule has 1 aromatic heterocycles. The van der Waals surface area contributed by atoms with Gasteiger partial charge in [-0.05, 0) is 37.8 Å².